The van der Waals surface area contributed by atoms with Crippen LogP contribution in [0.15, 0.2) is 72.8 Å². The smallest absolute Gasteiger partial charge is 0.411 e. The maximum atomic E-state index is 13.3. The first-order valence-electron chi connectivity index (χ1n) is 11.9. The first kappa shape index (κ1) is 23.5. The monoisotopic (exact) mass is 487 g/mol. The molecule has 3 amide bonds. The molecule has 3 aromatic carbocycles. The molecule has 1 aliphatic heterocycles. The van der Waals surface area contributed by atoms with Gasteiger partial charge in [0.05, 0.1) is 6.54 Å². The summed E-state index contributed by atoms with van der Waals surface area (Å²) in [6.07, 6.45) is 0.420. The molecule has 5 rings (SSSR count). The Labute approximate surface area is 208 Å². The van der Waals surface area contributed by atoms with Crippen LogP contribution < -0.4 is 10.6 Å². The van der Waals surface area contributed by atoms with Gasteiger partial charge in [0.25, 0.3) is 5.91 Å². The van der Waals surface area contributed by atoms with E-state index in [9.17, 15) is 18.8 Å². The molecule has 2 aliphatic rings. The minimum Gasteiger partial charge on any atom is -0.438 e. The largest absolute Gasteiger partial charge is 0.438 e. The lowest BCUT2D eigenvalue weighted by Gasteiger charge is -2.24. The van der Waals surface area contributed by atoms with E-state index in [0.717, 1.165) is 24.0 Å². The Bertz CT molecular complexity index is 1290. The molecular formula is C28H26FN3O4. The zero-order chi connectivity index (χ0) is 25.2. The summed E-state index contributed by atoms with van der Waals surface area (Å²) in [5.74, 6) is -1.09. The number of halogens is 1. The van der Waals surface area contributed by atoms with Crippen molar-refractivity contribution in [3.63, 3.8) is 0 Å². The normalized spacial score (nSPS) is 19.1. The predicted molar refractivity (Wildman–Crippen MR) is 132 cm³/mol. The van der Waals surface area contributed by atoms with Gasteiger partial charge in [-0.3, -0.25) is 14.5 Å². The Balaban J connectivity index is 1.39. The summed E-state index contributed by atoms with van der Waals surface area (Å²) in [6.45, 7) is 2.22. The molecule has 1 aliphatic carbocycles. The zero-order valence-corrected chi connectivity index (χ0v) is 19.7. The van der Waals surface area contributed by atoms with Gasteiger partial charge in [-0.15, -0.1) is 0 Å². The fraction of sp³-hybridized carbons (Fsp3) is 0.250. The molecule has 0 unspecified atom stereocenters. The highest BCUT2D eigenvalue weighted by molar-refractivity contribution is 6.04. The van der Waals surface area contributed by atoms with Gasteiger partial charge >= 0.3 is 6.09 Å². The molecule has 1 saturated carbocycles. The topological polar surface area (TPSA) is 87.7 Å². The molecule has 2 fully saturated rings. The summed E-state index contributed by atoms with van der Waals surface area (Å²) >= 11 is 0. The second-order valence-electron chi connectivity index (χ2n) is 9.23. The number of amides is 3. The third kappa shape index (κ3) is 5.22. The number of carbonyl (C=O) groups excluding carboxylic acids is 3. The molecule has 0 bridgehead atoms. The third-order valence-electron chi connectivity index (χ3n) is 6.33. The Hall–Kier alpha value is -4.20. The first-order chi connectivity index (χ1) is 17.4. The van der Waals surface area contributed by atoms with Gasteiger partial charge in [-0.1, -0.05) is 42.0 Å². The molecule has 1 saturated heterocycles. The van der Waals surface area contributed by atoms with Crippen LogP contribution in [0.2, 0.25) is 0 Å². The maximum absolute atomic E-state index is 13.3. The summed E-state index contributed by atoms with van der Waals surface area (Å²) in [5.41, 5.74) is 3.35. The van der Waals surface area contributed by atoms with E-state index in [0.29, 0.717) is 16.8 Å². The molecule has 1 heterocycles. The molecule has 36 heavy (non-hydrogen) atoms. The fourth-order valence-corrected chi connectivity index (χ4v) is 4.21. The van der Waals surface area contributed by atoms with Crippen molar-refractivity contribution in [2.75, 3.05) is 5.32 Å². The number of hydrogen-bond acceptors (Lipinski definition) is 4. The van der Waals surface area contributed by atoms with Crippen LogP contribution in [0.5, 0.6) is 0 Å². The van der Waals surface area contributed by atoms with E-state index >= 15 is 0 Å². The molecule has 0 radical (unpaired) electrons. The molecule has 2 N–H and O–H groups in total. The fourth-order valence-electron chi connectivity index (χ4n) is 4.21. The van der Waals surface area contributed by atoms with Gasteiger partial charge in [0.1, 0.15) is 5.82 Å². The van der Waals surface area contributed by atoms with Gasteiger partial charge < -0.3 is 15.4 Å². The van der Waals surface area contributed by atoms with Gasteiger partial charge in [-0.2, -0.15) is 0 Å². The summed E-state index contributed by atoms with van der Waals surface area (Å²) in [4.78, 5) is 40.3. The SMILES string of the molecule is Cc1ccc(CN2C(=O)O[C@H](c3cccc(NC(=O)c4ccc(F)cc4)c3)[C@H]2C(=O)NC2CC2)cc1. The Morgan fingerprint density at radius 2 is 1.75 bits per heavy atom. The number of nitrogens with one attached hydrogen (secondary N) is 2. The van der Waals surface area contributed by atoms with Crippen molar-refractivity contribution >= 4 is 23.6 Å². The summed E-state index contributed by atoms with van der Waals surface area (Å²) in [6, 6.07) is 19.1. The van der Waals surface area contributed by atoms with E-state index in [1.165, 1.54) is 29.2 Å². The number of aryl methyl sites for hydroxylation is 1. The number of carbonyl (C=O) groups is 3. The van der Waals surface area contributed by atoms with E-state index in [1.54, 1.807) is 24.3 Å². The van der Waals surface area contributed by atoms with Crippen LogP contribution in [0.1, 0.15) is 46.0 Å². The van der Waals surface area contributed by atoms with Crippen molar-refractivity contribution in [2.24, 2.45) is 0 Å². The number of hydrogen-bond donors (Lipinski definition) is 2. The molecule has 7 nitrogen and oxygen atoms in total. The highest BCUT2D eigenvalue weighted by atomic mass is 19.1. The Morgan fingerprint density at radius 1 is 1.03 bits per heavy atom. The summed E-state index contributed by atoms with van der Waals surface area (Å²) in [7, 11) is 0. The molecular weight excluding hydrogens is 461 g/mol. The van der Waals surface area contributed by atoms with Crippen LogP contribution in [0.4, 0.5) is 14.9 Å². The number of anilines is 1. The number of benzene rings is 3. The van der Waals surface area contributed by atoms with Crippen LogP contribution in [0.25, 0.3) is 0 Å². The van der Waals surface area contributed by atoms with Crippen LogP contribution in [0, 0.1) is 12.7 Å². The molecule has 184 valence electrons. The number of rotatable bonds is 7. The lowest BCUT2D eigenvalue weighted by atomic mass is 10.00. The second kappa shape index (κ2) is 9.81. The average Bonchev–Trinajstić information content (AvgIpc) is 3.62. The van der Waals surface area contributed by atoms with Gasteiger partial charge in [0.2, 0.25) is 5.91 Å². The van der Waals surface area contributed by atoms with Crippen molar-refractivity contribution in [2.45, 2.75) is 44.5 Å². The molecule has 3 aromatic rings. The van der Waals surface area contributed by atoms with Crippen molar-refractivity contribution < 1.29 is 23.5 Å². The van der Waals surface area contributed by atoms with Gasteiger partial charge in [0, 0.05) is 17.3 Å². The molecule has 0 spiro atoms. The van der Waals surface area contributed by atoms with E-state index in [1.807, 2.05) is 31.2 Å². The lowest BCUT2D eigenvalue weighted by Crippen LogP contribution is -2.46. The molecule has 0 aromatic heterocycles. The predicted octanol–water partition coefficient (Wildman–Crippen LogP) is 4.73. The zero-order valence-electron chi connectivity index (χ0n) is 19.7. The minimum absolute atomic E-state index is 0.122. The molecule has 8 heteroatoms. The van der Waals surface area contributed by atoms with E-state index in [4.69, 9.17) is 4.74 Å². The van der Waals surface area contributed by atoms with Gasteiger partial charge in [0.15, 0.2) is 12.1 Å². The highest BCUT2D eigenvalue weighted by Gasteiger charge is 2.48. The van der Waals surface area contributed by atoms with Crippen LogP contribution in [-0.4, -0.2) is 34.9 Å². The third-order valence-corrected chi connectivity index (χ3v) is 6.33. The van der Waals surface area contributed by atoms with Gasteiger partial charge in [-0.25, -0.2) is 9.18 Å². The average molecular weight is 488 g/mol. The van der Waals surface area contributed by atoms with Crippen LogP contribution in [0.3, 0.4) is 0 Å². The van der Waals surface area contributed by atoms with Crippen LogP contribution in [-0.2, 0) is 16.1 Å². The number of cyclic esters (lactones) is 1. The lowest BCUT2D eigenvalue weighted by molar-refractivity contribution is -0.126. The quantitative estimate of drug-likeness (QED) is 0.505. The van der Waals surface area contributed by atoms with E-state index in [2.05, 4.69) is 10.6 Å². The maximum Gasteiger partial charge on any atom is 0.411 e. The standard InChI is InChI=1S/C28H26FN3O4/c1-17-5-7-18(8-6-17)16-32-24(27(34)30-22-13-14-22)25(36-28(32)35)20-3-2-4-23(15-20)31-26(33)19-9-11-21(29)12-10-19/h2-12,15,22,24-25H,13-14,16H2,1H3,(H,30,34)(H,31,33)/t24-,25+/m0/s1. The summed E-state index contributed by atoms with van der Waals surface area (Å²) in [5, 5.41) is 5.78. The van der Waals surface area contributed by atoms with Crippen molar-refractivity contribution in [3.8, 4) is 0 Å². The van der Waals surface area contributed by atoms with E-state index < -0.39 is 30.0 Å². The van der Waals surface area contributed by atoms with Crippen molar-refractivity contribution in [1.82, 2.24) is 10.2 Å². The van der Waals surface area contributed by atoms with Gasteiger partial charge in [-0.05, 0) is 67.3 Å². The number of nitrogens with zero attached hydrogens (tertiary/aromatic N) is 1. The summed E-state index contributed by atoms with van der Waals surface area (Å²) < 4.78 is 18.9. The van der Waals surface area contributed by atoms with E-state index in [-0.39, 0.29) is 18.5 Å². The first-order valence-corrected chi connectivity index (χ1v) is 11.9. The Morgan fingerprint density at radius 3 is 2.44 bits per heavy atom. The van der Waals surface area contributed by atoms with Crippen LogP contribution >= 0.6 is 0 Å². The minimum atomic E-state index is -0.859. The second-order valence-corrected chi connectivity index (χ2v) is 9.23. The molecule has 2 atom stereocenters. The van der Waals surface area contributed by atoms with Crippen molar-refractivity contribution in [3.05, 3.63) is 101 Å². The Kier molecular flexibility index (Phi) is 6.41. The number of ether oxygens (including phenoxy) is 1. The van der Waals surface area contributed by atoms with Crippen molar-refractivity contribution in [1.29, 1.82) is 0 Å². The highest BCUT2D eigenvalue weighted by Crippen LogP contribution is 2.35.